The van der Waals surface area contributed by atoms with E-state index >= 15 is 0 Å². The predicted molar refractivity (Wildman–Crippen MR) is 131 cm³/mol. The smallest absolute Gasteiger partial charge is 0.408 e. The second-order valence-corrected chi connectivity index (χ2v) is 8.50. The molecule has 0 aliphatic rings. The third-order valence-corrected chi connectivity index (χ3v) is 5.87. The van der Waals surface area contributed by atoms with Gasteiger partial charge in [-0.15, -0.1) is 0 Å². The van der Waals surface area contributed by atoms with E-state index in [1.807, 2.05) is 66.7 Å². The third kappa shape index (κ3) is 7.74. The molecule has 0 aliphatic heterocycles. The highest BCUT2D eigenvalue weighted by Gasteiger charge is 2.28. The van der Waals surface area contributed by atoms with Gasteiger partial charge < -0.3 is 20.5 Å². The normalized spacial score (nSPS) is 12.3. The number of amides is 2. The average Bonchev–Trinajstić information content (AvgIpc) is 2.84. The van der Waals surface area contributed by atoms with E-state index in [9.17, 15) is 19.5 Å². The van der Waals surface area contributed by atoms with Crippen LogP contribution in [-0.4, -0.2) is 35.2 Å². The summed E-state index contributed by atoms with van der Waals surface area (Å²) in [5.41, 5.74) is 2.36. The minimum Gasteiger partial charge on any atom is -0.480 e. The lowest BCUT2D eigenvalue weighted by Gasteiger charge is -2.22. The number of nitrogens with one attached hydrogen (secondary N) is 2. The number of hydrogen-bond acceptors (Lipinski definition) is 4. The van der Waals surface area contributed by atoms with Crippen molar-refractivity contribution < 1.29 is 24.2 Å². The molecule has 0 saturated carbocycles. The predicted octanol–water partition coefficient (Wildman–Crippen LogP) is 4.10. The summed E-state index contributed by atoms with van der Waals surface area (Å²) in [6.07, 6.45) is -0.509. The molecule has 2 amide bonds. The average molecular weight is 525 g/mol. The van der Waals surface area contributed by atoms with E-state index in [1.165, 1.54) is 0 Å². The monoisotopic (exact) mass is 524 g/mol. The summed E-state index contributed by atoms with van der Waals surface area (Å²) < 4.78 is 6.01. The zero-order valence-corrected chi connectivity index (χ0v) is 19.9. The number of aliphatic carboxylic acids is 1. The van der Waals surface area contributed by atoms with Gasteiger partial charge in [-0.1, -0.05) is 94.8 Å². The molecule has 0 bridgehead atoms. The molecule has 2 atom stereocenters. The van der Waals surface area contributed by atoms with Crippen molar-refractivity contribution in [3.8, 4) is 0 Å². The van der Waals surface area contributed by atoms with Crippen LogP contribution in [-0.2, 0) is 33.8 Å². The van der Waals surface area contributed by atoms with Crippen LogP contribution in [0.4, 0.5) is 4.79 Å². The van der Waals surface area contributed by atoms with Crippen LogP contribution in [0.15, 0.2) is 89.4 Å². The Hall–Kier alpha value is -3.65. The van der Waals surface area contributed by atoms with E-state index in [4.69, 9.17) is 4.74 Å². The van der Waals surface area contributed by atoms with E-state index < -0.39 is 30.1 Å². The van der Waals surface area contributed by atoms with Gasteiger partial charge >= 0.3 is 12.1 Å². The van der Waals surface area contributed by atoms with Gasteiger partial charge in [-0.2, -0.15) is 0 Å². The number of carboxylic acid groups (broad SMARTS) is 1. The Morgan fingerprint density at radius 3 is 1.97 bits per heavy atom. The summed E-state index contributed by atoms with van der Waals surface area (Å²) in [7, 11) is 0. The zero-order chi connectivity index (χ0) is 24.3. The number of carboxylic acids is 1. The maximum absolute atomic E-state index is 13.1. The summed E-state index contributed by atoms with van der Waals surface area (Å²) in [4.78, 5) is 37.4. The van der Waals surface area contributed by atoms with Gasteiger partial charge in [0.15, 0.2) is 0 Å². The molecule has 0 heterocycles. The molecule has 3 rings (SSSR count). The van der Waals surface area contributed by atoms with Crippen molar-refractivity contribution in [3.63, 3.8) is 0 Å². The van der Waals surface area contributed by atoms with Crippen LogP contribution in [0.2, 0.25) is 0 Å². The molecule has 0 saturated heterocycles. The van der Waals surface area contributed by atoms with Gasteiger partial charge in [-0.3, -0.25) is 4.79 Å². The number of hydrogen-bond donors (Lipinski definition) is 3. The maximum atomic E-state index is 13.1. The number of halogens is 1. The van der Waals surface area contributed by atoms with E-state index in [-0.39, 0.29) is 19.4 Å². The highest BCUT2D eigenvalue weighted by Crippen LogP contribution is 2.18. The van der Waals surface area contributed by atoms with Crippen molar-refractivity contribution in [2.75, 3.05) is 0 Å². The largest absolute Gasteiger partial charge is 0.480 e. The highest BCUT2D eigenvalue weighted by atomic mass is 79.9. The summed E-state index contributed by atoms with van der Waals surface area (Å²) in [5, 5.41) is 14.8. The second kappa shape index (κ2) is 12.6. The fourth-order valence-corrected chi connectivity index (χ4v) is 3.77. The van der Waals surface area contributed by atoms with E-state index in [2.05, 4.69) is 26.6 Å². The number of carbonyl (C=O) groups is 3. The lowest BCUT2D eigenvalue weighted by atomic mass is 10.0. The number of alkyl carbamates (subject to hydrolysis) is 1. The third-order valence-electron chi connectivity index (χ3n) is 5.10. The Labute approximate surface area is 206 Å². The molecular weight excluding hydrogens is 500 g/mol. The van der Waals surface area contributed by atoms with Crippen molar-refractivity contribution in [1.29, 1.82) is 0 Å². The van der Waals surface area contributed by atoms with Crippen LogP contribution >= 0.6 is 15.9 Å². The molecule has 8 heteroatoms. The van der Waals surface area contributed by atoms with Crippen molar-refractivity contribution in [2.24, 2.45) is 0 Å². The fraction of sp³-hybridized carbons (Fsp3) is 0.192. The van der Waals surface area contributed by atoms with Gasteiger partial charge in [0.2, 0.25) is 5.91 Å². The molecule has 0 aliphatic carbocycles. The van der Waals surface area contributed by atoms with Crippen LogP contribution in [0.5, 0.6) is 0 Å². The molecule has 3 aromatic carbocycles. The molecule has 3 aromatic rings. The van der Waals surface area contributed by atoms with Crippen molar-refractivity contribution in [3.05, 3.63) is 106 Å². The lowest BCUT2D eigenvalue weighted by Crippen LogP contribution is -2.53. The first-order valence-electron chi connectivity index (χ1n) is 10.7. The number of benzene rings is 3. The first-order valence-corrected chi connectivity index (χ1v) is 11.5. The Kier molecular flexibility index (Phi) is 9.22. The van der Waals surface area contributed by atoms with Gasteiger partial charge in [0.25, 0.3) is 0 Å². The van der Waals surface area contributed by atoms with Crippen molar-refractivity contribution in [2.45, 2.75) is 31.5 Å². The van der Waals surface area contributed by atoms with Gasteiger partial charge in [-0.05, 0) is 22.8 Å². The van der Waals surface area contributed by atoms with Gasteiger partial charge in [-0.25, -0.2) is 9.59 Å². The molecule has 3 N–H and O–H groups in total. The standard InChI is InChI=1S/C26H25BrN2O5/c27-21-14-8-7-13-20(21)16-23(25(31)32)28-24(30)22(15-18-9-3-1-4-10-18)29-26(33)34-17-19-11-5-2-6-12-19/h1-14,22-23H,15-17H2,(H,28,30)(H,29,33)(H,31,32)/t22-,23+/m0/s1. The van der Waals surface area contributed by atoms with Gasteiger partial charge in [0, 0.05) is 17.3 Å². The van der Waals surface area contributed by atoms with Crippen molar-refractivity contribution in [1.82, 2.24) is 10.6 Å². The molecule has 0 spiro atoms. The number of carbonyl (C=O) groups excluding carboxylic acids is 2. The molecule has 7 nitrogen and oxygen atoms in total. The van der Waals surface area contributed by atoms with Gasteiger partial charge in [0.05, 0.1) is 0 Å². The second-order valence-electron chi connectivity index (χ2n) is 7.64. The first kappa shape index (κ1) is 25.0. The summed E-state index contributed by atoms with van der Waals surface area (Å²) in [6.45, 7) is 0.0478. The molecule has 0 radical (unpaired) electrons. The lowest BCUT2D eigenvalue weighted by molar-refractivity contribution is -0.142. The van der Waals surface area contributed by atoms with E-state index in [0.717, 1.165) is 21.2 Å². The molecule has 34 heavy (non-hydrogen) atoms. The highest BCUT2D eigenvalue weighted by molar-refractivity contribution is 9.10. The topological polar surface area (TPSA) is 105 Å². The minimum atomic E-state index is -1.17. The Balaban J connectivity index is 1.70. The van der Waals surface area contributed by atoms with E-state index in [1.54, 1.807) is 18.2 Å². The van der Waals surface area contributed by atoms with Crippen LogP contribution in [0, 0.1) is 0 Å². The SMILES string of the molecule is O=C(N[C@@H](Cc1ccccc1)C(=O)N[C@H](Cc1ccccc1Br)C(=O)O)OCc1ccccc1. The fourth-order valence-electron chi connectivity index (χ4n) is 3.32. The Bertz CT molecular complexity index is 1110. The van der Waals surface area contributed by atoms with Crippen molar-refractivity contribution >= 4 is 33.9 Å². The number of ether oxygens (including phenoxy) is 1. The van der Waals surface area contributed by atoms with E-state index in [0.29, 0.717) is 0 Å². The van der Waals surface area contributed by atoms with Crippen LogP contribution < -0.4 is 10.6 Å². The van der Waals surface area contributed by atoms with Crippen LogP contribution in [0.1, 0.15) is 16.7 Å². The molecule has 0 fully saturated rings. The molecule has 176 valence electrons. The summed E-state index contributed by atoms with van der Waals surface area (Å²) in [6, 6.07) is 23.3. The quantitative estimate of drug-likeness (QED) is 0.370. The minimum absolute atomic E-state index is 0.0478. The molecule has 0 unspecified atom stereocenters. The first-order chi connectivity index (χ1) is 16.4. The Morgan fingerprint density at radius 1 is 0.765 bits per heavy atom. The summed E-state index contributed by atoms with van der Waals surface area (Å²) >= 11 is 3.40. The maximum Gasteiger partial charge on any atom is 0.408 e. The molecular formula is C26H25BrN2O5. The zero-order valence-electron chi connectivity index (χ0n) is 18.3. The van der Waals surface area contributed by atoms with Crippen LogP contribution in [0.3, 0.4) is 0 Å². The van der Waals surface area contributed by atoms with Gasteiger partial charge in [0.1, 0.15) is 18.7 Å². The number of rotatable bonds is 10. The Morgan fingerprint density at radius 2 is 1.35 bits per heavy atom. The molecule has 0 aromatic heterocycles. The van der Waals surface area contributed by atoms with Crippen LogP contribution in [0.25, 0.3) is 0 Å². The summed E-state index contributed by atoms with van der Waals surface area (Å²) in [5.74, 6) is -1.78.